The van der Waals surface area contributed by atoms with Gasteiger partial charge in [0.05, 0.1) is 29.1 Å². The van der Waals surface area contributed by atoms with Gasteiger partial charge in [-0.3, -0.25) is 9.69 Å². The minimum atomic E-state index is -4.45. The lowest BCUT2D eigenvalue weighted by molar-refractivity contribution is -0.149. The van der Waals surface area contributed by atoms with Crippen LogP contribution in [0.5, 0.6) is 0 Å². The fourth-order valence-corrected chi connectivity index (χ4v) is 4.58. The lowest BCUT2D eigenvalue weighted by Crippen LogP contribution is -2.44. The molecule has 0 aromatic carbocycles. The Morgan fingerprint density at radius 2 is 1.39 bits per heavy atom. The van der Waals surface area contributed by atoms with Gasteiger partial charge in [0.2, 0.25) is 0 Å². The molecule has 0 spiro atoms. The van der Waals surface area contributed by atoms with E-state index >= 15 is 0 Å². The Bertz CT molecular complexity index is 548. The molecule has 0 amide bonds. The Morgan fingerprint density at radius 3 is 1.87 bits per heavy atom. The van der Waals surface area contributed by atoms with Gasteiger partial charge < -0.3 is 14.0 Å². The second-order valence-electron chi connectivity index (χ2n) is 8.74. The van der Waals surface area contributed by atoms with Crippen LogP contribution >= 0.6 is 0 Å². The second kappa shape index (κ2) is 17.8. The maximum Gasteiger partial charge on any atom is 0.306 e. The summed E-state index contributed by atoms with van der Waals surface area (Å²) in [6, 6.07) is 0. The van der Waals surface area contributed by atoms with E-state index in [1.165, 1.54) is 64.2 Å². The summed E-state index contributed by atoms with van der Waals surface area (Å²) in [5.74, 6) is -1.08. The SMILES string of the molecule is CCCCCCCCCCCCCCCC(=O)OC(CN1CCOCC1)CS(=O)(=O)[O-]. The highest BCUT2D eigenvalue weighted by Gasteiger charge is 2.22. The highest BCUT2D eigenvalue weighted by Crippen LogP contribution is 2.13. The van der Waals surface area contributed by atoms with Crippen LogP contribution in [0.2, 0.25) is 0 Å². The van der Waals surface area contributed by atoms with Gasteiger partial charge in [-0.1, -0.05) is 84.0 Å². The van der Waals surface area contributed by atoms with Crippen LogP contribution in [-0.2, 0) is 24.4 Å². The molecule has 0 N–H and O–H groups in total. The third kappa shape index (κ3) is 17.5. The second-order valence-corrected chi connectivity index (χ2v) is 10.2. The van der Waals surface area contributed by atoms with Crippen molar-refractivity contribution in [2.45, 2.75) is 103 Å². The molecule has 1 unspecified atom stereocenters. The van der Waals surface area contributed by atoms with Crippen LogP contribution in [0.1, 0.15) is 96.8 Å². The first-order chi connectivity index (χ1) is 14.9. The molecule has 0 bridgehead atoms. The first-order valence-corrected chi connectivity index (χ1v) is 13.9. The van der Waals surface area contributed by atoms with Gasteiger partial charge in [0, 0.05) is 26.1 Å². The molecule has 184 valence electrons. The number of ether oxygens (including phenoxy) is 2. The van der Waals surface area contributed by atoms with Gasteiger partial charge in [0.1, 0.15) is 6.10 Å². The maximum absolute atomic E-state index is 12.1. The van der Waals surface area contributed by atoms with Crippen molar-refractivity contribution in [3.63, 3.8) is 0 Å². The Labute approximate surface area is 190 Å². The normalized spacial score (nSPS) is 16.3. The first-order valence-electron chi connectivity index (χ1n) is 12.3. The van der Waals surface area contributed by atoms with Crippen molar-refractivity contribution in [3.05, 3.63) is 0 Å². The number of morpholine rings is 1. The maximum atomic E-state index is 12.1. The summed E-state index contributed by atoms with van der Waals surface area (Å²) in [5.41, 5.74) is 0. The monoisotopic (exact) mass is 462 g/mol. The average Bonchev–Trinajstić information content (AvgIpc) is 2.71. The summed E-state index contributed by atoms with van der Waals surface area (Å²) < 4.78 is 44.1. The number of unbranched alkanes of at least 4 members (excludes halogenated alkanes) is 12. The Balaban J connectivity index is 2.07. The number of nitrogens with zero attached hydrogens (tertiary/aromatic N) is 1. The van der Waals surface area contributed by atoms with E-state index in [9.17, 15) is 17.8 Å². The van der Waals surface area contributed by atoms with Gasteiger partial charge in [-0.2, -0.15) is 0 Å². The molecule has 0 radical (unpaired) electrons. The molecule has 0 aromatic heterocycles. The highest BCUT2D eigenvalue weighted by atomic mass is 32.2. The molecule has 0 aromatic rings. The molecular formula is C23H44NO6S-. The third-order valence-electron chi connectivity index (χ3n) is 5.74. The van der Waals surface area contributed by atoms with Crippen molar-refractivity contribution < 1.29 is 27.2 Å². The number of esters is 1. The van der Waals surface area contributed by atoms with E-state index in [2.05, 4.69) is 6.92 Å². The minimum absolute atomic E-state index is 0.259. The van der Waals surface area contributed by atoms with E-state index in [1.54, 1.807) is 0 Å². The molecule has 31 heavy (non-hydrogen) atoms. The van der Waals surface area contributed by atoms with Crippen LogP contribution < -0.4 is 0 Å². The molecule has 1 aliphatic rings. The third-order valence-corrected chi connectivity index (χ3v) is 6.52. The highest BCUT2D eigenvalue weighted by molar-refractivity contribution is 7.85. The number of hydrogen-bond acceptors (Lipinski definition) is 7. The summed E-state index contributed by atoms with van der Waals surface area (Å²) in [5, 5.41) is 0. The van der Waals surface area contributed by atoms with E-state index < -0.39 is 27.9 Å². The van der Waals surface area contributed by atoms with Gasteiger partial charge in [-0.25, -0.2) is 8.42 Å². The Morgan fingerprint density at radius 1 is 0.903 bits per heavy atom. The quantitative estimate of drug-likeness (QED) is 0.161. The van der Waals surface area contributed by atoms with E-state index in [1.807, 2.05) is 4.90 Å². The zero-order chi connectivity index (χ0) is 22.8. The van der Waals surface area contributed by atoms with Gasteiger partial charge in [-0.05, 0) is 6.42 Å². The molecule has 1 heterocycles. The van der Waals surface area contributed by atoms with Crippen LogP contribution in [0.3, 0.4) is 0 Å². The van der Waals surface area contributed by atoms with Gasteiger partial charge in [0.25, 0.3) is 0 Å². The van der Waals surface area contributed by atoms with E-state index in [-0.39, 0.29) is 13.0 Å². The van der Waals surface area contributed by atoms with Crippen LogP contribution in [0.4, 0.5) is 0 Å². The number of carbonyl (C=O) groups excluding carboxylic acids is 1. The van der Waals surface area contributed by atoms with Crippen molar-refractivity contribution >= 4 is 16.1 Å². The molecule has 8 heteroatoms. The number of hydrogen-bond donors (Lipinski definition) is 0. The molecular weight excluding hydrogens is 418 g/mol. The van der Waals surface area contributed by atoms with Gasteiger partial charge in [-0.15, -0.1) is 0 Å². The zero-order valence-electron chi connectivity index (χ0n) is 19.5. The summed E-state index contributed by atoms with van der Waals surface area (Å²) >= 11 is 0. The minimum Gasteiger partial charge on any atom is -0.748 e. The van der Waals surface area contributed by atoms with Crippen LogP contribution in [0.25, 0.3) is 0 Å². The van der Waals surface area contributed by atoms with E-state index in [4.69, 9.17) is 9.47 Å². The summed E-state index contributed by atoms with van der Waals surface area (Å²) in [7, 11) is -4.45. The molecule has 1 fully saturated rings. The van der Waals surface area contributed by atoms with Crippen molar-refractivity contribution in [3.8, 4) is 0 Å². The molecule has 7 nitrogen and oxygen atoms in total. The van der Waals surface area contributed by atoms with Crippen LogP contribution in [0, 0.1) is 0 Å². The lowest BCUT2D eigenvalue weighted by Gasteiger charge is -2.30. The predicted molar refractivity (Wildman–Crippen MR) is 122 cm³/mol. The predicted octanol–water partition coefficient (Wildman–Crippen LogP) is 4.26. The van der Waals surface area contributed by atoms with E-state index in [0.29, 0.717) is 26.3 Å². The van der Waals surface area contributed by atoms with Gasteiger partial charge in [0.15, 0.2) is 0 Å². The average molecular weight is 463 g/mol. The summed E-state index contributed by atoms with van der Waals surface area (Å²) in [6.07, 6.45) is 15.4. The lowest BCUT2D eigenvalue weighted by atomic mass is 10.0. The molecule has 1 aliphatic heterocycles. The van der Waals surface area contributed by atoms with Crippen molar-refractivity contribution in [1.29, 1.82) is 0 Å². The van der Waals surface area contributed by atoms with Crippen molar-refractivity contribution in [2.75, 3.05) is 38.6 Å². The van der Waals surface area contributed by atoms with Crippen LogP contribution in [0.15, 0.2) is 0 Å². The summed E-state index contributed by atoms with van der Waals surface area (Å²) in [4.78, 5) is 14.1. The fraction of sp³-hybridized carbons (Fsp3) is 0.957. The topological polar surface area (TPSA) is 96.0 Å². The largest absolute Gasteiger partial charge is 0.748 e. The van der Waals surface area contributed by atoms with Crippen LogP contribution in [-0.4, -0.2) is 68.5 Å². The van der Waals surface area contributed by atoms with Gasteiger partial charge >= 0.3 is 5.97 Å². The molecule has 0 saturated carbocycles. The number of rotatable bonds is 19. The molecule has 1 atom stereocenters. The molecule has 1 saturated heterocycles. The first kappa shape index (κ1) is 28.3. The Hall–Kier alpha value is -0.700. The number of carbonyl (C=O) groups is 1. The fourth-order valence-electron chi connectivity index (χ4n) is 3.96. The summed E-state index contributed by atoms with van der Waals surface area (Å²) in [6.45, 7) is 4.91. The smallest absolute Gasteiger partial charge is 0.306 e. The Kier molecular flexibility index (Phi) is 16.3. The zero-order valence-corrected chi connectivity index (χ0v) is 20.3. The van der Waals surface area contributed by atoms with E-state index in [0.717, 1.165) is 19.3 Å². The van der Waals surface area contributed by atoms with Crippen molar-refractivity contribution in [1.82, 2.24) is 4.90 Å². The molecule has 1 rings (SSSR count). The molecule has 0 aliphatic carbocycles. The standard InChI is InChI=1S/C23H45NO6S/c1-2-3-4-5-6-7-8-9-10-11-12-13-14-15-23(25)30-22(21-31(26,27)28)20-24-16-18-29-19-17-24/h22H,2-21H2,1H3,(H,26,27,28)/p-1. The van der Waals surface area contributed by atoms with Crippen molar-refractivity contribution in [2.24, 2.45) is 0 Å².